The topological polar surface area (TPSA) is 60.5 Å². The molecule has 1 aromatic heterocycles. The van der Waals surface area contributed by atoms with Crippen molar-refractivity contribution in [1.82, 2.24) is 25.4 Å². The first kappa shape index (κ1) is 19.5. The minimum absolute atomic E-state index is 0.00746. The maximum Gasteiger partial charge on any atom is 0.315 e. The van der Waals surface area contributed by atoms with Gasteiger partial charge in [0.25, 0.3) is 0 Å². The third-order valence-electron chi connectivity index (χ3n) is 6.76. The molecule has 5 rings (SSSR count). The van der Waals surface area contributed by atoms with Crippen LogP contribution in [0.2, 0.25) is 0 Å². The van der Waals surface area contributed by atoms with Gasteiger partial charge in [-0.1, -0.05) is 12.1 Å². The summed E-state index contributed by atoms with van der Waals surface area (Å²) in [5.74, 6) is -0.221. The van der Waals surface area contributed by atoms with Gasteiger partial charge in [0.1, 0.15) is 5.82 Å². The summed E-state index contributed by atoms with van der Waals surface area (Å²) in [7, 11) is 0. The summed E-state index contributed by atoms with van der Waals surface area (Å²) in [6, 6.07) is 9.89. The average molecular weight is 410 g/mol. The second-order valence-corrected chi connectivity index (χ2v) is 8.70. The van der Waals surface area contributed by atoms with Gasteiger partial charge in [-0.25, -0.2) is 9.18 Å². The predicted molar refractivity (Wildman–Crippen MR) is 113 cm³/mol. The number of hydrogen-bond acceptors (Lipinski definition) is 4. The third kappa shape index (κ3) is 4.18. The highest BCUT2D eigenvalue weighted by atomic mass is 19.1. The molecule has 6 nitrogen and oxygen atoms in total. The Morgan fingerprint density at radius 3 is 2.53 bits per heavy atom. The number of urea groups is 1. The van der Waals surface area contributed by atoms with E-state index in [4.69, 9.17) is 0 Å². The van der Waals surface area contributed by atoms with Gasteiger partial charge in [0.15, 0.2) is 0 Å². The number of pyridine rings is 1. The van der Waals surface area contributed by atoms with E-state index in [2.05, 4.69) is 31.5 Å². The average Bonchev–Trinajstić information content (AvgIpc) is 3.14. The van der Waals surface area contributed by atoms with Gasteiger partial charge in [0, 0.05) is 56.7 Å². The van der Waals surface area contributed by atoms with E-state index in [1.807, 2.05) is 12.4 Å². The van der Waals surface area contributed by atoms with Crippen LogP contribution >= 0.6 is 0 Å². The summed E-state index contributed by atoms with van der Waals surface area (Å²) in [4.78, 5) is 21.1. The second kappa shape index (κ2) is 8.32. The highest BCUT2D eigenvalue weighted by Gasteiger charge is 2.39. The molecule has 7 heteroatoms. The largest absolute Gasteiger partial charge is 0.333 e. The molecule has 30 heavy (non-hydrogen) atoms. The van der Waals surface area contributed by atoms with Crippen molar-refractivity contribution in [2.45, 2.75) is 43.9 Å². The van der Waals surface area contributed by atoms with Crippen molar-refractivity contribution in [2.24, 2.45) is 0 Å². The summed E-state index contributed by atoms with van der Waals surface area (Å²) in [6.45, 7) is 5.08. The Hall–Kier alpha value is -2.51. The van der Waals surface area contributed by atoms with Crippen molar-refractivity contribution in [3.63, 3.8) is 0 Å². The van der Waals surface area contributed by atoms with E-state index in [9.17, 15) is 9.18 Å². The Balaban J connectivity index is 1.15. The van der Waals surface area contributed by atoms with Crippen LogP contribution in [0.3, 0.4) is 0 Å². The molecule has 1 aliphatic carbocycles. The molecule has 2 aliphatic heterocycles. The fourth-order valence-corrected chi connectivity index (χ4v) is 5.11. The third-order valence-corrected chi connectivity index (χ3v) is 6.76. The maximum absolute atomic E-state index is 13.2. The fraction of sp³-hybridized carbons (Fsp3) is 0.478. The van der Waals surface area contributed by atoms with Crippen molar-refractivity contribution in [3.8, 4) is 11.1 Å². The van der Waals surface area contributed by atoms with Gasteiger partial charge in [0.2, 0.25) is 0 Å². The van der Waals surface area contributed by atoms with Crippen LogP contribution in [-0.2, 0) is 6.54 Å². The van der Waals surface area contributed by atoms with E-state index in [0.29, 0.717) is 12.1 Å². The molecule has 2 aromatic rings. The quantitative estimate of drug-likeness (QED) is 0.815. The predicted octanol–water partition coefficient (Wildman–Crippen LogP) is 2.61. The number of benzene rings is 1. The Morgan fingerprint density at radius 2 is 1.73 bits per heavy atom. The Bertz CT molecular complexity index is 897. The molecular weight excluding hydrogens is 381 g/mol. The smallest absolute Gasteiger partial charge is 0.315 e. The molecule has 3 unspecified atom stereocenters. The number of amides is 2. The first-order valence-corrected chi connectivity index (χ1v) is 10.9. The number of aromatic nitrogens is 1. The van der Waals surface area contributed by atoms with Gasteiger partial charge in [-0.2, -0.15) is 0 Å². The van der Waals surface area contributed by atoms with Crippen molar-refractivity contribution in [2.75, 3.05) is 26.2 Å². The number of rotatable bonds is 4. The van der Waals surface area contributed by atoms with Gasteiger partial charge in [-0.3, -0.25) is 14.8 Å². The molecule has 2 saturated heterocycles. The maximum atomic E-state index is 13.2. The molecule has 3 fully saturated rings. The minimum atomic E-state index is -0.221. The number of fused-ring (bicyclic) bond motifs is 1. The molecule has 3 aliphatic rings. The van der Waals surface area contributed by atoms with E-state index in [1.54, 1.807) is 12.1 Å². The molecule has 0 spiro atoms. The van der Waals surface area contributed by atoms with Crippen LogP contribution in [-0.4, -0.2) is 65.1 Å². The molecule has 2 N–H and O–H groups in total. The number of nitrogens with one attached hydrogen (secondary N) is 2. The molecule has 158 valence electrons. The monoisotopic (exact) mass is 409 g/mol. The van der Waals surface area contributed by atoms with Crippen LogP contribution in [0.25, 0.3) is 11.1 Å². The highest BCUT2D eigenvalue weighted by Crippen LogP contribution is 2.27. The molecule has 0 radical (unpaired) electrons. The van der Waals surface area contributed by atoms with Crippen LogP contribution in [0.4, 0.5) is 9.18 Å². The Morgan fingerprint density at radius 1 is 0.967 bits per heavy atom. The summed E-state index contributed by atoms with van der Waals surface area (Å²) < 4.78 is 13.2. The van der Waals surface area contributed by atoms with E-state index < -0.39 is 0 Å². The summed E-state index contributed by atoms with van der Waals surface area (Å²) in [5, 5.41) is 6.10. The van der Waals surface area contributed by atoms with Crippen molar-refractivity contribution >= 4 is 6.03 Å². The zero-order valence-electron chi connectivity index (χ0n) is 17.1. The normalized spacial score (nSPS) is 27.4. The highest BCUT2D eigenvalue weighted by molar-refractivity contribution is 5.77. The lowest BCUT2D eigenvalue weighted by atomic mass is 9.86. The number of carbonyl (C=O) groups is 1. The van der Waals surface area contributed by atoms with Gasteiger partial charge in [-0.15, -0.1) is 0 Å². The van der Waals surface area contributed by atoms with Gasteiger partial charge in [-0.05, 0) is 48.6 Å². The van der Waals surface area contributed by atoms with Crippen molar-refractivity contribution < 1.29 is 9.18 Å². The van der Waals surface area contributed by atoms with Crippen LogP contribution < -0.4 is 10.6 Å². The zero-order valence-corrected chi connectivity index (χ0v) is 17.1. The molecular formula is C23H28FN5O. The number of hydrogen-bond donors (Lipinski definition) is 2. The number of piperazine rings is 1. The minimum Gasteiger partial charge on any atom is -0.333 e. The first-order valence-electron chi connectivity index (χ1n) is 10.9. The van der Waals surface area contributed by atoms with Gasteiger partial charge in [0.05, 0.1) is 12.1 Å². The molecule has 3 atom stereocenters. The summed E-state index contributed by atoms with van der Waals surface area (Å²) >= 11 is 0. The van der Waals surface area contributed by atoms with Gasteiger partial charge < -0.3 is 10.6 Å². The van der Waals surface area contributed by atoms with Gasteiger partial charge >= 0.3 is 6.03 Å². The van der Waals surface area contributed by atoms with Crippen molar-refractivity contribution in [3.05, 3.63) is 54.1 Å². The molecule has 2 amide bonds. The van der Waals surface area contributed by atoms with E-state index >= 15 is 0 Å². The number of carbonyl (C=O) groups excluding carboxylic acids is 1. The van der Waals surface area contributed by atoms with E-state index in [1.165, 1.54) is 17.7 Å². The molecule has 3 heterocycles. The Labute approximate surface area is 176 Å². The van der Waals surface area contributed by atoms with Crippen LogP contribution in [0.15, 0.2) is 42.7 Å². The summed E-state index contributed by atoms with van der Waals surface area (Å²) in [6.07, 6.45) is 7.04. The SMILES string of the molecule is O=C1NC2CCC(N3CCN(Cc4cncc(-c5ccc(F)cc5)c4)CC3)CC2N1. The fourth-order valence-electron chi connectivity index (χ4n) is 5.11. The molecule has 1 aromatic carbocycles. The zero-order chi connectivity index (χ0) is 20.5. The van der Waals surface area contributed by atoms with E-state index in [-0.39, 0.29) is 17.9 Å². The lowest BCUT2D eigenvalue weighted by molar-refractivity contribution is 0.0679. The summed E-state index contributed by atoms with van der Waals surface area (Å²) in [5.41, 5.74) is 3.19. The lowest BCUT2D eigenvalue weighted by Gasteiger charge is -2.42. The van der Waals surface area contributed by atoms with Crippen LogP contribution in [0, 0.1) is 5.82 Å². The van der Waals surface area contributed by atoms with Crippen LogP contribution in [0.5, 0.6) is 0 Å². The lowest BCUT2D eigenvalue weighted by Crippen LogP contribution is -2.54. The standard InChI is InChI=1S/C23H28FN5O/c24-19-3-1-17(2-4-19)18-11-16(13-25-14-18)15-28-7-9-29(10-8-28)20-5-6-21-22(12-20)27-23(30)26-21/h1-4,11,13-14,20-22H,5-10,12,15H2,(H2,26,27,30). The number of halogens is 1. The second-order valence-electron chi connectivity index (χ2n) is 8.70. The first-order chi connectivity index (χ1) is 14.6. The molecule has 0 bridgehead atoms. The van der Waals surface area contributed by atoms with E-state index in [0.717, 1.165) is 63.1 Å². The van der Waals surface area contributed by atoms with Crippen LogP contribution in [0.1, 0.15) is 24.8 Å². The molecule has 1 saturated carbocycles. The van der Waals surface area contributed by atoms with Crippen molar-refractivity contribution in [1.29, 1.82) is 0 Å². The number of nitrogens with zero attached hydrogens (tertiary/aromatic N) is 3. The Kier molecular flexibility index (Phi) is 5.39.